The van der Waals surface area contributed by atoms with Crippen LogP contribution in [0.15, 0.2) is 16.4 Å². The molecule has 0 unspecified atom stereocenters. The first kappa shape index (κ1) is 18.0. The van der Waals surface area contributed by atoms with Crippen molar-refractivity contribution in [1.82, 2.24) is 19.7 Å². The molecule has 138 valence electrons. The van der Waals surface area contributed by atoms with Crippen LogP contribution >= 0.6 is 0 Å². The molecule has 2 fully saturated rings. The average molecular weight is 346 g/mol. The number of hydrogen-bond donors (Lipinski definition) is 1. The smallest absolute Gasteiger partial charge is 0.345 e. The van der Waals surface area contributed by atoms with E-state index in [1.54, 1.807) is 18.7 Å². The van der Waals surface area contributed by atoms with E-state index in [4.69, 9.17) is 0 Å². The van der Waals surface area contributed by atoms with Crippen molar-refractivity contribution in [1.29, 1.82) is 0 Å². The van der Waals surface area contributed by atoms with Gasteiger partial charge in [-0.1, -0.05) is 24.8 Å². The Morgan fingerprint density at radius 3 is 2.56 bits per heavy atom. The molecule has 0 saturated heterocycles. The molecule has 6 heteroatoms. The summed E-state index contributed by atoms with van der Waals surface area (Å²) in [7, 11) is 3.46. The van der Waals surface area contributed by atoms with Crippen molar-refractivity contribution in [2.75, 3.05) is 0 Å². The standard InChI is InChI=1S/C19H30N4O2/c1-22-17(21-23(2)19(22)25)13-15-10-6-7-11-16(15)20-18(24)12-14-8-4-3-5-9-14/h12,15-16H,3-11,13H2,1-2H3,(H,20,24)/t15-,16-/m1/s1. The lowest BCUT2D eigenvalue weighted by Crippen LogP contribution is -2.42. The SMILES string of the molecule is Cn1nc(C[C@H]2CCCC[C@H]2NC(=O)C=C2CCCCC2)n(C)c1=O. The van der Waals surface area contributed by atoms with Crippen LogP contribution in [-0.2, 0) is 25.3 Å². The minimum atomic E-state index is -0.0894. The van der Waals surface area contributed by atoms with Crippen LogP contribution in [-0.4, -0.2) is 26.3 Å². The van der Waals surface area contributed by atoms with E-state index < -0.39 is 0 Å². The zero-order valence-corrected chi connectivity index (χ0v) is 15.5. The van der Waals surface area contributed by atoms with E-state index in [1.807, 2.05) is 6.08 Å². The monoisotopic (exact) mass is 346 g/mol. The number of carbonyl (C=O) groups is 1. The van der Waals surface area contributed by atoms with Gasteiger partial charge >= 0.3 is 5.69 Å². The van der Waals surface area contributed by atoms with Crippen LogP contribution in [0.1, 0.15) is 63.6 Å². The summed E-state index contributed by atoms with van der Waals surface area (Å²) < 4.78 is 3.01. The Morgan fingerprint density at radius 2 is 1.88 bits per heavy atom. The summed E-state index contributed by atoms with van der Waals surface area (Å²) in [6, 6.07) is 0.179. The van der Waals surface area contributed by atoms with Crippen LogP contribution in [0.5, 0.6) is 0 Å². The molecular weight excluding hydrogens is 316 g/mol. The Morgan fingerprint density at radius 1 is 1.16 bits per heavy atom. The van der Waals surface area contributed by atoms with Crippen LogP contribution in [0.2, 0.25) is 0 Å². The summed E-state index contributed by atoms with van der Waals surface area (Å²) in [5.41, 5.74) is 1.21. The zero-order valence-electron chi connectivity index (χ0n) is 15.5. The molecule has 3 rings (SSSR count). The number of aryl methyl sites for hydroxylation is 1. The zero-order chi connectivity index (χ0) is 17.8. The number of rotatable bonds is 4. The van der Waals surface area contributed by atoms with Crippen molar-refractivity contribution in [3.05, 3.63) is 28.0 Å². The summed E-state index contributed by atoms with van der Waals surface area (Å²) in [6.45, 7) is 0. The largest absolute Gasteiger partial charge is 0.350 e. The summed E-state index contributed by atoms with van der Waals surface area (Å²) in [6.07, 6.45) is 12.8. The molecule has 25 heavy (non-hydrogen) atoms. The van der Waals surface area contributed by atoms with Gasteiger partial charge in [-0.3, -0.25) is 9.36 Å². The second-order valence-corrected chi connectivity index (χ2v) is 7.61. The number of allylic oxidation sites excluding steroid dienone is 1. The van der Waals surface area contributed by atoms with Gasteiger partial charge in [0, 0.05) is 32.6 Å². The maximum Gasteiger partial charge on any atom is 0.345 e. The van der Waals surface area contributed by atoms with Gasteiger partial charge in [-0.15, -0.1) is 0 Å². The summed E-state index contributed by atoms with van der Waals surface area (Å²) >= 11 is 0. The first-order valence-corrected chi connectivity index (χ1v) is 9.63. The van der Waals surface area contributed by atoms with Crippen LogP contribution in [0.25, 0.3) is 0 Å². The topological polar surface area (TPSA) is 68.9 Å². The normalized spacial score (nSPS) is 24.2. The molecule has 2 atom stereocenters. The third-order valence-electron chi connectivity index (χ3n) is 5.73. The van der Waals surface area contributed by atoms with Crippen LogP contribution < -0.4 is 11.0 Å². The van der Waals surface area contributed by atoms with E-state index >= 15 is 0 Å². The van der Waals surface area contributed by atoms with E-state index in [0.29, 0.717) is 5.92 Å². The maximum absolute atomic E-state index is 12.4. The molecule has 2 saturated carbocycles. The van der Waals surface area contributed by atoms with E-state index in [1.165, 1.54) is 35.9 Å². The van der Waals surface area contributed by atoms with Gasteiger partial charge in [0.1, 0.15) is 5.82 Å². The van der Waals surface area contributed by atoms with Gasteiger partial charge in [-0.25, -0.2) is 9.48 Å². The number of amides is 1. The van der Waals surface area contributed by atoms with Crippen molar-refractivity contribution in [2.24, 2.45) is 20.0 Å². The Labute approximate surface area is 149 Å². The Balaban J connectivity index is 1.65. The number of nitrogens with one attached hydrogen (secondary N) is 1. The maximum atomic E-state index is 12.4. The molecule has 0 radical (unpaired) electrons. The van der Waals surface area contributed by atoms with Crippen molar-refractivity contribution >= 4 is 5.91 Å². The van der Waals surface area contributed by atoms with Crippen LogP contribution in [0.4, 0.5) is 0 Å². The Kier molecular flexibility index (Phi) is 5.76. The van der Waals surface area contributed by atoms with Crippen LogP contribution in [0.3, 0.4) is 0 Å². The van der Waals surface area contributed by atoms with E-state index in [9.17, 15) is 9.59 Å². The first-order valence-electron chi connectivity index (χ1n) is 9.63. The van der Waals surface area contributed by atoms with Crippen molar-refractivity contribution in [3.63, 3.8) is 0 Å². The molecule has 0 spiro atoms. The molecule has 0 aromatic carbocycles. The molecule has 2 aliphatic rings. The second-order valence-electron chi connectivity index (χ2n) is 7.61. The third kappa shape index (κ3) is 4.41. The summed E-state index contributed by atoms with van der Waals surface area (Å²) in [4.78, 5) is 24.3. The average Bonchev–Trinajstić information content (AvgIpc) is 2.84. The van der Waals surface area contributed by atoms with E-state index in [-0.39, 0.29) is 17.6 Å². The highest BCUT2D eigenvalue weighted by Gasteiger charge is 2.28. The quantitative estimate of drug-likeness (QED) is 0.850. The molecule has 0 aliphatic heterocycles. The molecule has 0 bridgehead atoms. The van der Waals surface area contributed by atoms with Gasteiger partial charge in [-0.05, 0) is 44.4 Å². The molecule has 1 heterocycles. The van der Waals surface area contributed by atoms with E-state index in [2.05, 4.69) is 10.4 Å². The molecule has 1 aromatic rings. The van der Waals surface area contributed by atoms with Gasteiger partial charge in [0.25, 0.3) is 0 Å². The minimum Gasteiger partial charge on any atom is -0.350 e. The van der Waals surface area contributed by atoms with Crippen molar-refractivity contribution < 1.29 is 4.79 Å². The highest BCUT2D eigenvalue weighted by Crippen LogP contribution is 2.27. The first-order chi connectivity index (χ1) is 12.0. The fraction of sp³-hybridized carbons (Fsp3) is 0.737. The number of carbonyl (C=O) groups excluding carboxylic acids is 1. The molecule has 1 aromatic heterocycles. The van der Waals surface area contributed by atoms with Gasteiger partial charge in [-0.2, -0.15) is 5.10 Å². The van der Waals surface area contributed by atoms with E-state index in [0.717, 1.165) is 44.3 Å². The molecule has 1 amide bonds. The third-order valence-corrected chi connectivity index (χ3v) is 5.73. The predicted molar refractivity (Wildman–Crippen MR) is 97.2 cm³/mol. The highest BCUT2D eigenvalue weighted by atomic mass is 16.2. The highest BCUT2D eigenvalue weighted by molar-refractivity contribution is 5.88. The summed E-state index contributed by atoms with van der Waals surface area (Å²) in [5.74, 6) is 1.22. The van der Waals surface area contributed by atoms with Crippen LogP contribution in [0, 0.1) is 5.92 Å². The Hall–Kier alpha value is -1.85. The lowest BCUT2D eigenvalue weighted by molar-refractivity contribution is -0.117. The van der Waals surface area contributed by atoms with Gasteiger partial charge in [0.15, 0.2) is 0 Å². The molecular formula is C19H30N4O2. The van der Waals surface area contributed by atoms with Gasteiger partial charge in [0.05, 0.1) is 0 Å². The van der Waals surface area contributed by atoms with Gasteiger partial charge in [0.2, 0.25) is 5.91 Å². The minimum absolute atomic E-state index is 0.0590. The van der Waals surface area contributed by atoms with Gasteiger partial charge < -0.3 is 5.32 Å². The molecule has 6 nitrogen and oxygen atoms in total. The fourth-order valence-electron chi connectivity index (χ4n) is 4.22. The molecule has 1 N–H and O–H groups in total. The lowest BCUT2D eigenvalue weighted by Gasteiger charge is -2.31. The molecule has 2 aliphatic carbocycles. The summed E-state index contributed by atoms with van der Waals surface area (Å²) in [5, 5.41) is 7.59. The fourth-order valence-corrected chi connectivity index (χ4v) is 4.22. The number of aromatic nitrogens is 3. The van der Waals surface area contributed by atoms with Crippen molar-refractivity contribution in [2.45, 2.75) is 70.3 Å². The Bertz CT molecular complexity index is 693. The second kappa shape index (κ2) is 8.02. The number of hydrogen-bond acceptors (Lipinski definition) is 3. The number of nitrogens with zero attached hydrogens (tertiary/aromatic N) is 3. The predicted octanol–water partition coefficient (Wildman–Crippen LogP) is 2.23. The van der Waals surface area contributed by atoms with Crippen molar-refractivity contribution in [3.8, 4) is 0 Å². The lowest BCUT2D eigenvalue weighted by atomic mass is 9.82.